The van der Waals surface area contributed by atoms with Crippen LogP contribution in [0.4, 0.5) is 34.8 Å². The first-order valence-corrected chi connectivity index (χ1v) is 25.1. The molecule has 2 aromatic heterocycles. The molecule has 0 aliphatic carbocycles. The predicted octanol–water partition coefficient (Wildman–Crippen LogP) is 6.30. The molecule has 7 amide bonds. The number of benzene rings is 2. The number of aryl methyl sites for hydroxylation is 1. The van der Waals surface area contributed by atoms with E-state index in [4.69, 9.17) is 5.73 Å². The van der Waals surface area contributed by atoms with Gasteiger partial charge in [-0.1, -0.05) is 31.4 Å². The van der Waals surface area contributed by atoms with Crippen molar-refractivity contribution in [1.82, 2.24) is 35.3 Å². The summed E-state index contributed by atoms with van der Waals surface area (Å²) < 4.78 is 56.1. The fourth-order valence-corrected chi connectivity index (χ4v) is 9.43. The van der Waals surface area contributed by atoms with Crippen LogP contribution in [0, 0.1) is 5.82 Å². The Morgan fingerprint density at radius 1 is 0.880 bits per heavy atom. The van der Waals surface area contributed by atoms with Crippen molar-refractivity contribution in [3.05, 3.63) is 105 Å². The normalized spacial score (nSPS) is 17.7. The third-order valence-corrected chi connectivity index (χ3v) is 13.8. The standard InChI is InChI=1S/C28H38N4O6.C25H26F4N6O2/c1-3-31(4-2)24(35)17-16-22(33)29-18-9-7-5-6-8-11-19-12-10-13-20-25(19)28(38)32(27(20)37)21-14-15-23(34)30-26(21)36;1-13-11-35(12-14(2)34(13)3)21-8-19(26)16(15-4-5-22(30)31-9-15)6-20(21)33-24(37)17-10-32-23(36)7-18(17)25(27,28)29/h10,12-13,21H,3-9,11,14-18H2,1-2H3,(H,29,33)(H,30,34,36);4-10,13-14H,11-12H2,1-3H3,(H2,30,31)(H,32,36)(H,33,37)/t;13-,14+. The highest BCUT2D eigenvalue weighted by Crippen LogP contribution is 2.38. The number of hydrogen-bond donors (Lipinski definition) is 5. The van der Waals surface area contributed by atoms with Gasteiger partial charge < -0.3 is 31.2 Å². The molecule has 18 nitrogen and oxygen atoms in total. The highest BCUT2D eigenvalue weighted by Gasteiger charge is 2.45. The number of unbranched alkanes of at least 4 members (excludes halogenated alkanes) is 4. The molecule has 5 heterocycles. The molecule has 0 spiro atoms. The van der Waals surface area contributed by atoms with E-state index in [2.05, 4.69) is 30.8 Å². The van der Waals surface area contributed by atoms with E-state index in [9.17, 15) is 51.5 Å². The first-order valence-electron chi connectivity index (χ1n) is 25.1. The summed E-state index contributed by atoms with van der Waals surface area (Å²) in [6, 6.07) is 10.4. The molecule has 3 aliphatic rings. The Balaban J connectivity index is 0.000000244. The van der Waals surface area contributed by atoms with E-state index < -0.39 is 64.3 Å². The van der Waals surface area contributed by atoms with E-state index in [1.54, 1.807) is 23.1 Å². The fourth-order valence-electron chi connectivity index (χ4n) is 9.43. The van der Waals surface area contributed by atoms with Crippen LogP contribution in [0.15, 0.2) is 65.7 Å². The highest BCUT2D eigenvalue weighted by atomic mass is 19.4. The topological polar surface area (TPSA) is 240 Å². The van der Waals surface area contributed by atoms with Crippen LogP contribution in [-0.4, -0.2) is 124 Å². The third kappa shape index (κ3) is 14.0. The molecule has 0 bridgehead atoms. The second-order valence-corrected chi connectivity index (χ2v) is 18.9. The number of carbonyl (C=O) groups is 7. The number of nitrogens with one attached hydrogen (secondary N) is 4. The van der Waals surface area contributed by atoms with Crippen LogP contribution in [-0.2, 0) is 31.8 Å². The van der Waals surface area contributed by atoms with Crippen LogP contribution in [0.2, 0.25) is 0 Å². The molecule has 2 saturated heterocycles. The minimum atomic E-state index is -4.93. The number of fused-ring (bicyclic) bond motifs is 1. The Morgan fingerprint density at radius 2 is 1.57 bits per heavy atom. The molecule has 3 aliphatic heterocycles. The smallest absolute Gasteiger partial charge is 0.384 e. The van der Waals surface area contributed by atoms with E-state index in [1.165, 1.54) is 24.4 Å². The molecule has 0 radical (unpaired) electrons. The maximum atomic E-state index is 15.4. The number of likely N-dealkylation sites (N-methyl/N-ethyl adjacent to an activating group) is 1. The molecule has 75 heavy (non-hydrogen) atoms. The second kappa shape index (κ2) is 25.2. The lowest BCUT2D eigenvalue weighted by Crippen LogP contribution is -2.55. The molecule has 2 aromatic carbocycles. The van der Waals surface area contributed by atoms with E-state index in [1.807, 2.05) is 45.7 Å². The number of amides is 7. The average molecular weight is 1050 g/mol. The number of aromatic amines is 1. The number of alkyl halides is 3. The van der Waals surface area contributed by atoms with Crippen LogP contribution >= 0.6 is 0 Å². The van der Waals surface area contributed by atoms with Crippen molar-refractivity contribution < 1.29 is 51.1 Å². The van der Waals surface area contributed by atoms with Crippen molar-refractivity contribution in [3.63, 3.8) is 0 Å². The zero-order chi connectivity index (χ0) is 54.7. The van der Waals surface area contributed by atoms with Gasteiger partial charge in [0.1, 0.15) is 17.7 Å². The van der Waals surface area contributed by atoms with E-state index in [0.29, 0.717) is 73.8 Å². The van der Waals surface area contributed by atoms with Gasteiger partial charge in [0, 0.05) is 93.7 Å². The zero-order valence-corrected chi connectivity index (χ0v) is 42.7. The van der Waals surface area contributed by atoms with Gasteiger partial charge in [-0.05, 0) is 96.3 Å². The monoisotopic (exact) mass is 1040 g/mol. The number of piperazine rings is 1. The summed E-state index contributed by atoms with van der Waals surface area (Å²) in [6.45, 7) is 10.7. The van der Waals surface area contributed by atoms with Gasteiger partial charge in [-0.15, -0.1) is 0 Å². The number of nitrogens with zero attached hydrogens (tertiary/aromatic N) is 5. The number of pyridine rings is 2. The molecule has 4 aromatic rings. The van der Waals surface area contributed by atoms with Gasteiger partial charge in [-0.2, -0.15) is 13.2 Å². The third-order valence-electron chi connectivity index (χ3n) is 13.8. The van der Waals surface area contributed by atoms with Gasteiger partial charge >= 0.3 is 6.18 Å². The number of carbonyl (C=O) groups excluding carboxylic acids is 7. The van der Waals surface area contributed by atoms with E-state index >= 15 is 4.39 Å². The number of H-pyrrole nitrogens is 1. The van der Waals surface area contributed by atoms with Crippen LogP contribution in [0.1, 0.15) is 128 Å². The van der Waals surface area contributed by atoms with Gasteiger partial charge in [0.15, 0.2) is 0 Å². The van der Waals surface area contributed by atoms with Crippen molar-refractivity contribution in [2.45, 2.75) is 116 Å². The SMILES string of the molecule is CCN(CC)C(=O)CCC(=O)NCCCCCCCc1cccc2c1C(=O)N(C1CCC(=O)NC1=O)C2=O.C[C@@H]1CN(c2cc(F)c(-c3ccc(N)nc3)cc2NC(=O)c2c[nH]c(=O)cc2C(F)(F)F)C[C@H](C)N1C. The van der Waals surface area contributed by atoms with E-state index in [0.717, 1.165) is 42.6 Å². The van der Waals surface area contributed by atoms with Gasteiger partial charge in [0.25, 0.3) is 17.7 Å². The van der Waals surface area contributed by atoms with Crippen molar-refractivity contribution in [2.24, 2.45) is 0 Å². The minimum Gasteiger partial charge on any atom is -0.384 e. The molecular formula is C53H64F4N10O8. The average Bonchev–Trinajstić information content (AvgIpc) is 3.62. The summed E-state index contributed by atoms with van der Waals surface area (Å²) in [5.41, 5.74) is 4.86. The summed E-state index contributed by atoms with van der Waals surface area (Å²) in [6.07, 6.45) is 3.02. The van der Waals surface area contributed by atoms with Crippen molar-refractivity contribution >= 4 is 58.5 Å². The predicted molar refractivity (Wildman–Crippen MR) is 273 cm³/mol. The lowest BCUT2D eigenvalue weighted by atomic mass is 9.97. The van der Waals surface area contributed by atoms with Gasteiger partial charge in [0.2, 0.25) is 29.2 Å². The number of nitrogens with two attached hydrogens (primary N) is 1. The lowest BCUT2D eigenvalue weighted by molar-refractivity contribution is -0.138. The largest absolute Gasteiger partial charge is 0.417 e. The quantitative estimate of drug-likeness (QED) is 0.0419. The summed E-state index contributed by atoms with van der Waals surface area (Å²) in [5.74, 6) is -3.53. The van der Waals surface area contributed by atoms with Crippen LogP contribution in [0.25, 0.3) is 11.1 Å². The lowest BCUT2D eigenvalue weighted by Gasteiger charge is -2.44. The first-order chi connectivity index (χ1) is 35.6. The molecule has 0 saturated carbocycles. The number of halogens is 4. The number of anilines is 3. The summed E-state index contributed by atoms with van der Waals surface area (Å²) in [7, 11) is 1.97. The van der Waals surface area contributed by atoms with Crippen molar-refractivity contribution in [2.75, 3.05) is 55.7 Å². The van der Waals surface area contributed by atoms with Crippen molar-refractivity contribution in [1.29, 1.82) is 0 Å². The highest BCUT2D eigenvalue weighted by molar-refractivity contribution is 6.24. The minimum absolute atomic E-state index is 0.00366. The Kier molecular flexibility index (Phi) is 19.1. The first kappa shape index (κ1) is 56.8. The number of hydrogen-bond acceptors (Lipinski definition) is 12. The molecule has 2 fully saturated rings. The molecule has 7 rings (SSSR count). The summed E-state index contributed by atoms with van der Waals surface area (Å²) in [5, 5.41) is 7.60. The molecule has 22 heteroatoms. The number of rotatable bonds is 18. The molecular weight excluding hydrogens is 981 g/mol. The van der Waals surface area contributed by atoms with Crippen molar-refractivity contribution in [3.8, 4) is 11.1 Å². The Bertz CT molecular complexity index is 2820. The molecule has 3 atom stereocenters. The van der Waals surface area contributed by atoms with Crippen LogP contribution < -0.4 is 32.1 Å². The molecule has 402 valence electrons. The Labute approximate surface area is 431 Å². The van der Waals surface area contributed by atoms with Gasteiger partial charge in [-0.3, -0.25) is 53.5 Å². The second-order valence-electron chi connectivity index (χ2n) is 18.9. The number of piperidine rings is 1. The number of aromatic nitrogens is 2. The summed E-state index contributed by atoms with van der Waals surface area (Å²) in [4.78, 5) is 111. The fraction of sp³-hybridized carbons (Fsp3) is 0.453. The maximum absolute atomic E-state index is 15.4. The van der Waals surface area contributed by atoms with E-state index in [-0.39, 0.29) is 66.7 Å². The van der Waals surface area contributed by atoms with Crippen LogP contribution in [0.5, 0.6) is 0 Å². The van der Waals surface area contributed by atoms with Gasteiger partial charge in [-0.25, -0.2) is 9.37 Å². The number of nitrogen functional groups attached to an aromatic ring is 1. The van der Waals surface area contributed by atoms with Crippen LogP contribution in [0.3, 0.4) is 0 Å². The number of imide groups is 2. The Morgan fingerprint density at radius 3 is 2.23 bits per heavy atom. The molecule has 6 N–H and O–H groups in total. The Hall–Kier alpha value is -7.49. The molecule has 1 unspecified atom stereocenters. The maximum Gasteiger partial charge on any atom is 0.417 e. The zero-order valence-electron chi connectivity index (χ0n) is 42.7. The summed E-state index contributed by atoms with van der Waals surface area (Å²) >= 11 is 0. The van der Waals surface area contributed by atoms with Gasteiger partial charge in [0.05, 0.1) is 33.6 Å².